The lowest BCUT2D eigenvalue weighted by molar-refractivity contribution is 0.0690. The van der Waals surface area contributed by atoms with Crippen LogP contribution >= 0.6 is 11.6 Å². The molecule has 0 radical (unpaired) electrons. The first-order chi connectivity index (χ1) is 12.1. The van der Waals surface area contributed by atoms with Gasteiger partial charge in [0.25, 0.3) is 5.91 Å². The number of nitrogens with zero attached hydrogens (tertiary/aromatic N) is 1. The lowest BCUT2D eigenvalue weighted by atomic mass is 9.96. The molecule has 0 unspecified atom stereocenters. The normalized spacial score (nSPS) is 15.3. The lowest BCUT2D eigenvalue weighted by Crippen LogP contribution is -2.40. The number of likely N-dealkylation sites (tertiary alicyclic amines) is 1. The summed E-state index contributed by atoms with van der Waals surface area (Å²) in [7, 11) is 1.56. The molecule has 1 aromatic carbocycles. The molecule has 0 aromatic heterocycles. The van der Waals surface area contributed by atoms with Crippen LogP contribution in [0.4, 0.5) is 0 Å². The predicted molar refractivity (Wildman–Crippen MR) is 101 cm³/mol. The van der Waals surface area contributed by atoms with Crippen molar-refractivity contribution in [2.45, 2.75) is 33.1 Å². The van der Waals surface area contributed by atoms with Crippen molar-refractivity contribution in [3.63, 3.8) is 0 Å². The van der Waals surface area contributed by atoms with Crippen LogP contribution in [0.15, 0.2) is 12.1 Å². The first kappa shape index (κ1) is 19.9. The molecule has 5 nitrogen and oxygen atoms in total. The predicted octanol–water partition coefficient (Wildman–Crippen LogP) is 3.60. The molecule has 0 saturated carbocycles. The van der Waals surface area contributed by atoms with Crippen molar-refractivity contribution in [2.75, 3.05) is 39.9 Å². The van der Waals surface area contributed by atoms with E-state index in [1.165, 1.54) is 0 Å². The molecule has 140 valence electrons. The second-order valence-corrected chi connectivity index (χ2v) is 6.79. The molecule has 1 aliphatic rings. The molecule has 0 bridgehead atoms. The zero-order chi connectivity index (χ0) is 18.2. The van der Waals surface area contributed by atoms with Gasteiger partial charge in [-0.1, -0.05) is 25.4 Å². The molecule has 2 rings (SSSR count). The number of hydrogen-bond donors (Lipinski definition) is 1. The average molecular weight is 369 g/mol. The van der Waals surface area contributed by atoms with Gasteiger partial charge < -0.3 is 19.7 Å². The molecule has 1 fully saturated rings. The minimum atomic E-state index is 0.00384. The van der Waals surface area contributed by atoms with E-state index < -0.39 is 0 Å². The first-order valence-corrected chi connectivity index (χ1v) is 9.48. The van der Waals surface area contributed by atoms with Crippen LogP contribution in [0.3, 0.4) is 0 Å². The van der Waals surface area contributed by atoms with Gasteiger partial charge >= 0.3 is 0 Å². The summed E-state index contributed by atoms with van der Waals surface area (Å²) in [5.41, 5.74) is 0.552. The maximum absolute atomic E-state index is 12.8. The Kier molecular flexibility index (Phi) is 7.85. The smallest absolute Gasteiger partial charge is 0.254 e. The fourth-order valence-corrected chi connectivity index (χ4v) is 3.32. The molecule has 6 heteroatoms. The fourth-order valence-electron chi connectivity index (χ4n) is 3.06. The van der Waals surface area contributed by atoms with Gasteiger partial charge in [0.05, 0.1) is 18.7 Å². The summed E-state index contributed by atoms with van der Waals surface area (Å²) in [5, 5.41) is 3.80. The minimum Gasteiger partial charge on any atom is -0.493 e. The number of ether oxygens (including phenoxy) is 2. The van der Waals surface area contributed by atoms with E-state index in [9.17, 15) is 4.79 Å². The van der Waals surface area contributed by atoms with E-state index in [4.69, 9.17) is 21.1 Å². The highest BCUT2D eigenvalue weighted by Gasteiger charge is 2.25. The van der Waals surface area contributed by atoms with Crippen LogP contribution in [-0.4, -0.2) is 50.7 Å². The van der Waals surface area contributed by atoms with Crippen LogP contribution in [0.25, 0.3) is 0 Å². The van der Waals surface area contributed by atoms with E-state index in [0.29, 0.717) is 34.6 Å². The third-order valence-electron chi connectivity index (χ3n) is 4.51. The van der Waals surface area contributed by atoms with E-state index in [-0.39, 0.29) is 5.91 Å². The van der Waals surface area contributed by atoms with Crippen LogP contribution in [0.2, 0.25) is 5.02 Å². The molecule has 1 aliphatic heterocycles. The number of carbonyl (C=O) groups is 1. The van der Waals surface area contributed by atoms with Crippen LogP contribution in [0.5, 0.6) is 11.5 Å². The molecule has 1 aromatic rings. The molecule has 1 N–H and O–H groups in total. The summed E-state index contributed by atoms with van der Waals surface area (Å²) in [6.07, 6.45) is 2.94. The Morgan fingerprint density at radius 3 is 2.64 bits per heavy atom. The van der Waals surface area contributed by atoms with Gasteiger partial charge in [-0.05, 0) is 50.4 Å². The Bertz CT molecular complexity index is 572. The topological polar surface area (TPSA) is 50.8 Å². The maximum atomic E-state index is 12.8. The zero-order valence-electron chi connectivity index (χ0n) is 15.4. The van der Waals surface area contributed by atoms with Crippen LogP contribution in [0.1, 0.15) is 43.5 Å². The van der Waals surface area contributed by atoms with Crippen molar-refractivity contribution >= 4 is 17.5 Å². The summed E-state index contributed by atoms with van der Waals surface area (Å²) in [5.74, 6) is 1.66. The van der Waals surface area contributed by atoms with Gasteiger partial charge in [-0.25, -0.2) is 0 Å². The molecule has 25 heavy (non-hydrogen) atoms. The van der Waals surface area contributed by atoms with Crippen molar-refractivity contribution in [1.82, 2.24) is 10.2 Å². The first-order valence-electron chi connectivity index (χ1n) is 9.11. The third kappa shape index (κ3) is 5.25. The molecule has 0 aliphatic carbocycles. The number of carbonyl (C=O) groups excluding carboxylic acids is 1. The van der Waals surface area contributed by atoms with Crippen molar-refractivity contribution in [3.8, 4) is 11.5 Å². The van der Waals surface area contributed by atoms with Crippen molar-refractivity contribution in [2.24, 2.45) is 5.92 Å². The quantitative estimate of drug-likeness (QED) is 0.761. The zero-order valence-corrected chi connectivity index (χ0v) is 16.2. The number of methoxy groups -OCH3 is 1. The van der Waals surface area contributed by atoms with Crippen molar-refractivity contribution in [3.05, 3.63) is 22.7 Å². The maximum Gasteiger partial charge on any atom is 0.254 e. The number of benzene rings is 1. The number of rotatable bonds is 8. The molecule has 1 saturated heterocycles. The van der Waals surface area contributed by atoms with Crippen molar-refractivity contribution < 1.29 is 14.3 Å². The average Bonchev–Trinajstić information content (AvgIpc) is 2.64. The van der Waals surface area contributed by atoms with E-state index >= 15 is 0 Å². The summed E-state index contributed by atoms with van der Waals surface area (Å²) in [6, 6.07) is 3.41. The van der Waals surface area contributed by atoms with Gasteiger partial charge in [-0.2, -0.15) is 0 Å². The molecule has 0 spiro atoms. The Hall–Kier alpha value is -1.46. The standard InChI is InChI=1S/C19H29ClN2O3/c1-4-10-25-18-16(20)11-15(12-17(18)24-3)19(23)22-8-6-14(7-9-22)13-21-5-2/h11-12,14,21H,4-10,13H2,1-3H3. The summed E-state index contributed by atoms with van der Waals surface area (Å²) in [4.78, 5) is 14.7. The largest absolute Gasteiger partial charge is 0.493 e. The lowest BCUT2D eigenvalue weighted by Gasteiger charge is -2.32. The SMILES string of the molecule is CCCOc1c(Cl)cc(C(=O)N2CCC(CNCC)CC2)cc1OC. The van der Waals surface area contributed by atoms with Gasteiger partial charge in [0, 0.05) is 18.7 Å². The molecular formula is C19H29ClN2O3. The third-order valence-corrected chi connectivity index (χ3v) is 4.79. The van der Waals surface area contributed by atoms with Gasteiger partial charge in [0.15, 0.2) is 11.5 Å². The Morgan fingerprint density at radius 1 is 1.32 bits per heavy atom. The van der Waals surface area contributed by atoms with Crippen LogP contribution < -0.4 is 14.8 Å². The second-order valence-electron chi connectivity index (χ2n) is 6.38. The monoisotopic (exact) mass is 368 g/mol. The van der Waals surface area contributed by atoms with Gasteiger partial charge in [0.2, 0.25) is 0 Å². The highest BCUT2D eigenvalue weighted by atomic mass is 35.5. The van der Waals surface area contributed by atoms with Gasteiger partial charge in [-0.3, -0.25) is 4.79 Å². The highest BCUT2D eigenvalue weighted by Crippen LogP contribution is 2.37. The van der Waals surface area contributed by atoms with E-state index in [1.807, 2.05) is 11.8 Å². The molecule has 0 atom stereocenters. The number of hydrogen-bond acceptors (Lipinski definition) is 4. The summed E-state index contributed by atoms with van der Waals surface area (Å²) >= 11 is 6.33. The second kappa shape index (κ2) is 9.88. The molecule has 1 heterocycles. The number of piperidine rings is 1. The van der Waals surface area contributed by atoms with Gasteiger partial charge in [0.1, 0.15) is 0 Å². The highest BCUT2D eigenvalue weighted by molar-refractivity contribution is 6.32. The Morgan fingerprint density at radius 2 is 2.04 bits per heavy atom. The van der Waals surface area contributed by atoms with E-state index in [1.54, 1.807) is 19.2 Å². The van der Waals surface area contributed by atoms with E-state index in [0.717, 1.165) is 45.4 Å². The summed E-state index contributed by atoms with van der Waals surface area (Å²) in [6.45, 7) is 8.28. The molecule has 1 amide bonds. The van der Waals surface area contributed by atoms with Crippen LogP contribution in [-0.2, 0) is 0 Å². The van der Waals surface area contributed by atoms with Crippen LogP contribution in [0, 0.1) is 5.92 Å². The number of halogens is 1. The van der Waals surface area contributed by atoms with E-state index in [2.05, 4.69) is 12.2 Å². The summed E-state index contributed by atoms with van der Waals surface area (Å²) < 4.78 is 11.0. The van der Waals surface area contributed by atoms with Gasteiger partial charge in [-0.15, -0.1) is 0 Å². The van der Waals surface area contributed by atoms with Crippen molar-refractivity contribution in [1.29, 1.82) is 0 Å². The minimum absolute atomic E-state index is 0.00384. The number of nitrogens with one attached hydrogen (secondary N) is 1. The number of amides is 1. The molecular weight excluding hydrogens is 340 g/mol. The Labute approximate surface area is 155 Å². The fraction of sp³-hybridized carbons (Fsp3) is 0.632. The Balaban J connectivity index is 2.06.